The molecule has 8 heteroatoms. The lowest BCUT2D eigenvalue weighted by Gasteiger charge is -2.27. The van der Waals surface area contributed by atoms with E-state index in [2.05, 4.69) is 68.7 Å². The van der Waals surface area contributed by atoms with Gasteiger partial charge in [0.15, 0.2) is 0 Å². The second kappa shape index (κ2) is 9.81. The number of anilines is 1. The van der Waals surface area contributed by atoms with Crippen LogP contribution in [0.1, 0.15) is 55.6 Å². The summed E-state index contributed by atoms with van der Waals surface area (Å²) in [6, 6.07) is 12.7. The average Bonchev–Trinajstić information content (AvgIpc) is 3.58. The molecule has 0 bridgehead atoms. The minimum atomic E-state index is -0.984. The SMILES string of the molecule is CCc1cccc(CC)c1-n1nc2c(c1-c1ccc(Cl)c3[nH]ccc13)CN(c1ncc(C(C)(C)O)cn1)CC2. The van der Waals surface area contributed by atoms with Gasteiger partial charge in [-0.1, -0.05) is 49.7 Å². The van der Waals surface area contributed by atoms with Crippen molar-refractivity contribution in [3.63, 3.8) is 0 Å². The monoisotopic (exact) mass is 540 g/mol. The lowest BCUT2D eigenvalue weighted by atomic mass is 9.97. The summed E-state index contributed by atoms with van der Waals surface area (Å²) in [6.45, 7) is 9.28. The number of halogens is 1. The molecule has 0 saturated heterocycles. The quantitative estimate of drug-likeness (QED) is 0.261. The summed E-state index contributed by atoms with van der Waals surface area (Å²) in [7, 11) is 0. The second-order valence-electron chi connectivity index (χ2n) is 10.7. The first-order valence-corrected chi connectivity index (χ1v) is 14.0. The number of nitrogens with zero attached hydrogens (tertiary/aromatic N) is 5. The number of rotatable bonds is 6. The number of aromatic nitrogens is 5. The van der Waals surface area contributed by atoms with Crippen molar-refractivity contribution in [1.29, 1.82) is 0 Å². The van der Waals surface area contributed by atoms with E-state index in [9.17, 15) is 5.11 Å². The Morgan fingerprint density at radius 1 is 1.03 bits per heavy atom. The van der Waals surface area contributed by atoms with Gasteiger partial charge in [0.05, 0.1) is 33.2 Å². The van der Waals surface area contributed by atoms with Gasteiger partial charge < -0.3 is 15.0 Å². The number of aryl methyl sites for hydroxylation is 2. The molecule has 0 fully saturated rings. The van der Waals surface area contributed by atoms with E-state index >= 15 is 0 Å². The van der Waals surface area contributed by atoms with Gasteiger partial charge in [0.25, 0.3) is 0 Å². The van der Waals surface area contributed by atoms with Gasteiger partial charge in [-0.15, -0.1) is 0 Å². The van der Waals surface area contributed by atoms with Crippen LogP contribution >= 0.6 is 11.6 Å². The molecule has 0 spiro atoms. The van der Waals surface area contributed by atoms with E-state index in [-0.39, 0.29) is 0 Å². The first-order chi connectivity index (χ1) is 18.8. The molecule has 200 valence electrons. The molecule has 6 rings (SSSR count). The topological polar surface area (TPSA) is 82.9 Å². The van der Waals surface area contributed by atoms with E-state index in [0.29, 0.717) is 23.1 Å². The highest BCUT2D eigenvalue weighted by Gasteiger charge is 2.30. The number of para-hydroxylation sites is 1. The van der Waals surface area contributed by atoms with Crippen LogP contribution in [0, 0.1) is 0 Å². The second-order valence-corrected chi connectivity index (χ2v) is 11.1. The fraction of sp³-hybridized carbons (Fsp3) is 0.323. The van der Waals surface area contributed by atoms with Crippen LogP contribution in [0.2, 0.25) is 5.02 Å². The lowest BCUT2D eigenvalue weighted by Crippen LogP contribution is -2.32. The molecule has 7 nitrogen and oxygen atoms in total. The molecule has 0 aliphatic carbocycles. The molecule has 5 aromatic rings. The molecule has 39 heavy (non-hydrogen) atoms. The van der Waals surface area contributed by atoms with Crippen LogP contribution < -0.4 is 4.90 Å². The minimum Gasteiger partial charge on any atom is -0.386 e. The van der Waals surface area contributed by atoms with Crippen molar-refractivity contribution >= 4 is 28.5 Å². The Morgan fingerprint density at radius 3 is 2.41 bits per heavy atom. The highest BCUT2D eigenvalue weighted by atomic mass is 35.5. The van der Waals surface area contributed by atoms with Crippen LogP contribution in [-0.4, -0.2) is 36.4 Å². The van der Waals surface area contributed by atoms with Crippen molar-refractivity contribution in [3.8, 4) is 16.9 Å². The number of benzene rings is 2. The number of nitrogens with one attached hydrogen (secondary N) is 1. The van der Waals surface area contributed by atoms with Crippen molar-refractivity contribution < 1.29 is 5.11 Å². The average molecular weight is 541 g/mol. The highest BCUT2D eigenvalue weighted by molar-refractivity contribution is 6.35. The summed E-state index contributed by atoms with van der Waals surface area (Å²) in [5.74, 6) is 0.651. The summed E-state index contributed by atoms with van der Waals surface area (Å²) in [5.41, 5.74) is 8.80. The lowest BCUT2D eigenvalue weighted by molar-refractivity contribution is 0.0778. The molecule has 1 aliphatic rings. The van der Waals surface area contributed by atoms with E-state index in [4.69, 9.17) is 16.7 Å². The zero-order valence-corrected chi connectivity index (χ0v) is 23.5. The van der Waals surface area contributed by atoms with Gasteiger partial charge in [0.2, 0.25) is 5.95 Å². The Hall–Kier alpha value is -3.68. The van der Waals surface area contributed by atoms with Gasteiger partial charge in [0.1, 0.15) is 0 Å². The summed E-state index contributed by atoms with van der Waals surface area (Å²) in [6.07, 6.45) is 7.99. The predicted octanol–water partition coefficient (Wildman–Crippen LogP) is 6.38. The van der Waals surface area contributed by atoms with Gasteiger partial charge in [-0.05, 0) is 49.9 Å². The normalized spacial score (nSPS) is 13.7. The predicted molar refractivity (Wildman–Crippen MR) is 157 cm³/mol. The number of aliphatic hydroxyl groups is 1. The molecule has 0 unspecified atom stereocenters. The number of fused-ring (bicyclic) bond motifs is 2. The van der Waals surface area contributed by atoms with Gasteiger partial charge >= 0.3 is 0 Å². The maximum Gasteiger partial charge on any atom is 0.225 e. The summed E-state index contributed by atoms with van der Waals surface area (Å²) in [4.78, 5) is 14.8. The van der Waals surface area contributed by atoms with Crippen LogP contribution in [-0.2, 0) is 31.4 Å². The number of H-pyrrole nitrogens is 1. The van der Waals surface area contributed by atoms with Gasteiger partial charge in [-0.25, -0.2) is 14.6 Å². The maximum atomic E-state index is 10.4. The Balaban J connectivity index is 1.55. The molecular formula is C31H33ClN6O. The zero-order valence-electron chi connectivity index (χ0n) is 22.8. The minimum absolute atomic E-state index is 0.636. The first kappa shape index (κ1) is 25.6. The molecule has 4 heterocycles. The number of hydrogen-bond donors (Lipinski definition) is 2. The maximum absolute atomic E-state index is 10.4. The molecular weight excluding hydrogens is 508 g/mol. The zero-order chi connectivity index (χ0) is 27.3. The highest BCUT2D eigenvalue weighted by Crippen LogP contribution is 2.40. The molecule has 1 aliphatic heterocycles. The van der Waals surface area contributed by atoms with E-state index in [1.165, 1.54) is 22.4 Å². The Labute approximate surface area is 233 Å². The Kier molecular flexibility index (Phi) is 6.44. The first-order valence-electron chi connectivity index (χ1n) is 13.6. The van der Waals surface area contributed by atoms with Gasteiger partial charge in [-0.3, -0.25) is 0 Å². The van der Waals surface area contributed by atoms with Gasteiger partial charge in [0, 0.05) is 60.2 Å². The largest absolute Gasteiger partial charge is 0.386 e. The molecule has 0 radical (unpaired) electrons. The third kappa shape index (κ3) is 4.39. The molecule has 2 N–H and O–H groups in total. The van der Waals surface area contributed by atoms with Crippen LogP contribution in [0.5, 0.6) is 0 Å². The van der Waals surface area contributed by atoms with E-state index in [1.54, 1.807) is 26.2 Å². The third-order valence-electron chi connectivity index (χ3n) is 7.77. The smallest absolute Gasteiger partial charge is 0.225 e. The Bertz CT molecular complexity index is 1640. The summed E-state index contributed by atoms with van der Waals surface area (Å²) in [5, 5.41) is 17.4. The fourth-order valence-electron chi connectivity index (χ4n) is 5.60. The number of aromatic amines is 1. The standard InChI is InChI=1S/C31H33ClN6O/c1-5-19-8-7-9-20(6-2)28(19)38-29(23-10-11-25(32)27-22(23)12-14-33-27)24-18-37(15-13-26(24)36-38)30-34-16-21(17-35-30)31(3,4)39/h7-12,14,16-17,33,39H,5-6,13,15,18H2,1-4H3. The molecule has 3 aromatic heterocycles. The van der Waals surface area contributed by atoms with E-state index in [0.717, 1.165) is 53.7 Å². The van der Waals surface area contributed by atoms with E-state index in [1.807, 2.05) is 12.3 Å². The van der Waals surface area contributed by atoms with Crippen LogP contribution in [0.3, 0.4) is 0 Å². The molecule has 0 saturated carbocycles. The van der Waals surface area contributed by atoms with Crippen LogP contribution in [0.4, 0.5) is 5.95 Å². The van der Waals surface area contributed by atoms with Gasteiger partial charge in [-0.2, -0.15) is 5.10 Å². The van der Waals surface area contributed by atoms with Crippen molar-refractivity contribution in [1.82, 2.24) is 24.7 Å². The van der Waals surface area contributed by atoms with Crippen LogP contribution in [0.25, 0.3) is 27.8 Å². The third-order valence-corrected chi connectivity index (χ3v) is 8.08. The van der Waals surface area contributed by atoms with Crippen molar-refractivity contribution in [3.05, 3.63) is 88.0 Å². The fourth-order valence-corrected chi connectivity index (χ4v) is 5.82. The Morgan fingerprint density at radius 2 is 1.74 bits per heavy atom. The van der Waals surface area contributed by atoms with Crippen molar-refractivity contribution in [2.45, 2.75) is 59.1 Å². The van der Waals surface area contributed by atoms with Crippen molar-refractivity contribution in [2.24, 2.45) is 0 Å². The summed E-state index contributed by atoms with van der Waals surface area (Å²) >= 11 is 6.58. The molecule has 0 amide bonds. The van der Waals surface area contributed by atoms with Crippen molar-refractivity contribution in [2.75, 3.05) is 11.4 Å². The van der Waals surface area contributed by atoms with Crippen LogP contribution in [0.15, 0.2) is 55.0 Å². The molecule has 0 atom stereocenters. The number of hydrogen-bond acceptors (Lipinski definition) is 5. The van der Waals surface area contributed by atoms with E-state index < -0.39 is 5.60 Å². The summed E-state index contributed by atoms with van der Waals surface area (Å²) < 4.78 is 2.18. The molecule has 2 aromatic carbocycles.